The second-order valence-corrected chi connectivity index (χ2v) is 4.07. The molecule has 0 atom stereocenters. The van der Waals surface area contributed by atoms with Crippen molar-refractivity contribution in [2.45, 2.75) is 0 Å². The second-order valence-electron chi connectivity index (χ2n) is 3.62. The normalized spacial score (nSPS) is 10.2. The predicted molar refractivity (Wildman–Crippen MR) is 71.9 cm³/mol. The maximum absolute atomic E-state index is 11.9. The van der Waals surface area contributed by atoms with Crippen molar-refractivity contribution in [2.24, 2.45) is 0 Å². The average Bonchev–Trinajstić information content (AvgIpc) is 2.98. The average molecular weight is 279 g/mol. The number of hydrogen-bond acceptors (Lipinski definition) is 6. The van der Waals surface area contributed by atoms with Gasteiger partial charge in [0.05, 0.1) is 7.11 Å². The van der Waals surface area contributed by atoms with Crippen molar-refractivity contribution in [3.05, 3.63) is 30.1 Å². The third kappa shape index (κ3) is 3.02. The molecule has 1 aromatic carbocycles. The van der Waals surface area contributed by atoms with Crippen molar-refractivity contribution in [1.82, 2.24) is 25.5 Å². The maximum Gasteiger partial charge on any atom is 0.251 e. The number of aromatic nitrogens is 4. The summed E-state index contributed by atoms with van der Waals surface area (Å²) in [5, 5.41) is 13.7. The van der Waals surface area contributed by atoms with Crippen LogP contribution < -0.4 is 10.1 Å². The van der Waals surface area contributed by atoms with Crippen molar-refractivity contribution in [3.8, 4) is 11.4 Å². The Kier molecular flexibility index (Phi) is 4.35. The Morgan fingerprint density at radius 3 is 3.00 bits per heavy atom. The number of nitrogens with zero attached hydrogens (tertiary/aromatic N) is 4. The van der Waals surface area contributed by atoms with Gasteiger partial charge in [0.15, 0.2) is 0 Å². The summed E-state index contributed by atoms with van der Waals surface area (Å²) in [6, 6.07) is 5.05. The number of tetrazole rings is 1. The highest BCUT2D eigenvalue weighted by Crippen LogP contribution is 2.22. The minimum absolute atomic E-state index is 0.175. The fraction of sp³-hybridized carbons (Fsp3) is 0.273. The van der Waals surface area contributed by atoms with Gasteiger partial charge in [0.2, 0.25) is 0 Å². The molecule has 0 radical (unpaired) electrons. The Hall–Kier alpha value is -2.09. The fourth-order valence-electron chi connectivity index (χ4n) is 1.55. The Balaban J connectivity index is 2.33. The van der Waals surface area contributed by atoms with Crippen LogP contribution in [-0.4, -0.2) is 45.5 Å². The van der Waals surface area contributed by atoms with E-state index in [1.807, 2.05) is 0 Å². The van der Waals surface area contributed by atoms with Gasteiger partial charge in [-0.2, -0.15) is 17.3 Å². The first kappa shape index (κ1) is 13.3. The number of benzene rings is 1. The van der Waals surface area contributed by atoms with E-state index in [-0.39, 0.29) is 5.91 Å². The van der Waals surface area contributed by atoms with Crippen molar-refractivity contribution in [3.63, 3.8) is 0 Å². The predicted octanol–water partition coefficient (Wildman–Crippen LogP) is 0.330. The number of ether oxygens (including phenoxy) is 1. The topological polar surface area (TPSA) is 81.9 Å². The molecule has 0 saturated heterocycles. The summed E-state index contributed by atoms with van der Waals surface area (Å²) < 4.78 is 6.66. The SMILES string of the molecule is COc1ccc(C(=O)NCCS)cc1-n1cnnn1. The number of carbonyl (C=O) groups is 1. The molecule has 0 unspecified atom stereocenters. The first-order valence-electron chi connectivity index (χ1n) is 5.56. The summed E-state index contributed by atoms with van der Waals surface area (Å²) >= 11 is 4.04. The van der Waals surface area contributed by atoms with E-state index in [9.17, 15) is 4.79 Å². The van der Waals surface area contributed by atoms with Gasteiger partial charge in [-0.25, -0.2) is 0 Å². The standard InChI is InChI=1S/C11H13N5O2S/c1-18-10-3-2-8(11(17)12-4-5-19)6-9(10)16-7-13-14-15-16/h2-3,6-7,19H,4-5H2,1H3,(H,12,17). The van der Waals surface area contributed by atoms with Gasteiger partial charge in [-0.3, -0.25) is 4.79 Å². The fourth-order valence-corrected chi connectivity index (χ4v) is 1.67. The van der Waals surface area contributed by atoms with Crippen molar-refractivity contribution < 1.29 is 9.53 Å². The third-order valence-electron chi connectivity index (χ3n) is 2.43. The van der Waals surface area contributed by atoms with Crippen LogP contribution >= 0.6 is 12.6 Å². The summed E-state index contributed by atoms with van der Waals surface area (Å²) in [6.07, 6.45) is 1.44. The molecule has 0 saturated carbocycles. The lowest BCUT2D eigenvalue weighted by molar-refractivity contribution is 0.0956. The molecule has 0 aliphatic rings. The first-order valence-corrected chi connectivity index (χ1v) is 6.20. The Labute approximate surface area is 115 Å². The van der Waals surface area contributed by atoms with Gasteiger partial charge in [0, 0.05) is 17.9 Å². The van der Waals surface area contributed by atoms with Crippen LogP contribution in [0.3, 0.4) is 0 Å². The summed E-state index contributed by atoms with van der Waals surface area (Å²) in [6.45, 7) is 0.508. The van der Waals surface area contributed by atoms with E-state index in [2.05, 4.69) is 33.5 Å². The van der Waals surface area contributed by atoms with E-state index < -0.39 is 0 Å². The lowest BCUT2D eigenvalue weighted by Crippen LogP contribution is -2.25. The van der Waals surface area contributed by atoms with E-state index in [1.54, 1.807) is 25.3 Å². The number of methoxy groups -OCH3 is 1. The zero-order chi connectivity index (χ0) is 13.7. The molecule has 0 aliphatic carbocycles. The van der Waals surface area contributed by atoms with Crippen LogP contribution in [0.5, 0.6) is 5.75 Å². The van der Waals surface area contributed by atoms with E-state index in [0.717, 1.165) is 0 Å². The van der Waals surface area contributed by atoms with E-state index in [1.165, 1.54) is 11.0 Å². The van der Waals surface area contributed by atoms with Gasteiger partial charge < -0.3 is 10.1 Å². The molecule has 2 aromatic rings. The van der Waals surface area contributed by atoms with Gasteiger partial charge in [0.25, 0.3) is 5.91 Å². The Morgan fingerprint density at radius 2 is 2.37 bits per heavy atom. The van der Waals surface area contributed by atoms with E-state index in [0.29, 0.717) is 29.3 Å². The molecule has 100 valence electrons. The highest BCUT2D eigenvalue weighted by Gasteiger charge is 2.12. The maximum atomic E-state index is 11.9. The van der Waals surface area contributed by atoms with Crippen molar-refractivity contribution in [2.75, 3.05) is 19.4 Å². The molecule has 1 aromatic heterocycles. The minimum Gasteiger partial charge on any atom is -0.494 e. The molecule has 1 amide bonds. The second kappa shape index (κ2) is 6.19. The quantitative estimate of drug-likeness (QED) is 0.771. The highest BCUT2D eigenvalue weighted by molar-refractivity contribution is 7.80. The van der Waals surface area contributed by atoms with E-state index in [4.69, 9.17) is 4.74 Å². The molecular formula is C11H13N5O2S. The first-order chi connectivity index (χ1) is 9.26. The molecule has 7 nitrogen and oxygen atoms in total. The Bertz CT molecular complexity index is 558. The molecular weight excluding hydrogens is 266 g/mol. The molecule has 1 N–H and O–H groups in total. The number of amides is 1. The summed E-state index contributed by atoms with van der Waals surface area (Å²) in [5.74, 6) is 0.992. The number of thiol groups is 1. The van der Waals surface area contributed by atoms with Crippen LogP contribution in [0.25, 0.3) is 5.69 Å². The van der Waals surface area contributed by atoms with Crippen molar-refractivity contribution >= 4 is 18.5 Å². The lowest BCUT2D eigenvalue weighted by Gasteiger charge is -2.09. The molecule has 1 heterocycles. The van der Waals surface area contributed by atoms with Crippen LogP contribution in [0.2, 0.25) is 0 Å². The highest BCUT2D eigenvalue weighted by atomic mass is 32.1. The number of carbonyl (C=O) groups excluding carboxylic acids is 1. The molecule has 8 heteroatoms. The van der Waals surface area contributed by atoms with Crippen LogP contribution in [0, 0.1) is 0 Å². The number of hydrogen-bond donors (Lipinski definition) is 2. The van der Waals surface area contributed by atoms with Crippen LogP contribution in [-0.2, 0) is 0 Å². The van der Waals surface area contributed by atoms with E-state index >= 15 is 0 Å². The summed E-state index contributed by atoms with van der Waals surface area (Å²) in [7, 11) is 1.55. The number of nitrogens with one attached hydrogen (secondary N) is 1. The third-order valence-corrected chi connectivity index (χ3v) is 2.66. The zero-order valence-electron chi connectivity index (χ0n) is 10.3. The molecule has 0 aliphatic heterocycles. The molecule has 0 fully saturated rings. The monoisotopic (exact) mass is 279 g/mol. The smallest absolute Gasteiger partial charge is 0.251 e. The lowest BCUT2D eigenvalue weighted by atomic mass is 10.1. The number of rotatable bonds is 5. The molecule has 2 rings (SSSR count). The van der Waals surface area contributed by atoms with Gasteiger partial charge in [-0.05, 0) is 28.6 Å². The molecule has 19 heavy (non-hydrogen) atoms. The molecule has 0 bridgehead atoms. The molecule has 0 spiro atoms. The van der Waals surface area contributed by atoms with Crippen LogP contribution in [0.1, 0.15) is 10.4 Å². The Morgan fingerprint density at radius 1 is 1.53 bits per heavy atom. The summed E-state index contributed by atoms with van der Waals surface area (Å²) in [4.78, 5) is 11.9. The largest absolute Gasteiger partial charge is 0.494 e. The zero-order valence-corrected chi connectivity index (χ0v) is 11.2. The summed E-state index contributed by atoms with van der Waals surface area (Å²) in [5.41, 5.74) is 1.11. The van der Waals surface area contributed by atoms with Crippen molar-refractivity contribution in [1.29, 1.82) is 0 Å². The van der Waals surface area contributed by atoms with Crippen LogP contribution in [0.15, 0.2) is 24.5 Å². The van der Waals surface area contributed by atoms with Crippen LogP contribution in [0.4, 0.5) is 0 Å². The van der Waals surface area contributed by atoms with Gasteiger partial charge in [0.1, 0.15) is 17.8 Å². The van der Waals surface area contributed by atoms with Gasteiger partial charge in [-0.1, -0.05) is 0 Å². The minimum atomic E-state index is -0.175. The van der Waals surface area contributed by atoms with Gasteiger partial charge in [-0.15, -0.1) is 5.10 Å². The van der Waals surface area contributed by atoms with Gasteiger partial charge >= 0.3 is 0 Å².